The molecule has 2 heteroatoms. The summed E-state index contributed by atoms with van der Waals surface area (Å²) in [5.41, 5.74) is 2.74. The van der Waals surface area contributed by atoms with Crippen LogP contribution in [0.3, 0.4) is 0 Å². The highest BCUT2D eigenvalue weighted by molar-refractivity contribution is 5.24. The maximum Gasteiger partial charge on any atom is 0.0294 e. The van der Waals surface area contributed by atoms with Crippen molar-refractivity contribution in [1.82, 2.24) is 10.2 Å². The highest BCUT2D eigenvalue weighted by Gasteiger charge is 2.25. The first-order valence-electron chi connectivity index (χ1n) is 7.13. The van der Waals surface area contributed by atoms with Gasteiger partial charge in [0.2, 0.25) is 0 Å². The molecule has 100 valence electrons. The summed E-state index contributed by atoms with van der Waals surface area (Å²) < 4.78 is 0. The Bertz CT molecular complexity index is 386. The first-order chi connectivity index (χ1) is 8.56. The third kappa shape index (κ3) is 3.33. The Morgan fingerprint density at radius 2 is 2.06 bits per heavy atom. The van der Waals surface area contributed by atoms with Crippen LogP contribution < -0.4 is 5.32 Å². The summed E-state index contributed by atoms with van der Waals surface area (Å²) in [6.45, 7) is 11.4. The molecule has 1 aliphatic rings. The third-order valence-corrected chi connectivity index (χ3v) is 3.98. The van der Waals surface area contributed by atoms with E-state index in [0.717, 1.165) is 0 Å². The SMILES string of the molecule is Cc1cccc([C@H](C)NC2CCN(C(C)C)C2)c1. The second-order valence-corrected chi connectivity index (χ2v) is 5.88. The van der Waals surface area contributed by atoms with Gasteiger partial charge in [-0.05, 0) is 46.2 Å². The van der Waals surface area contributed by atoms with Gasteiger partial charge in [0.1, 0.15) is 0 Å². The molecule has 1 aromatic carbocycles. The lowest BCUT2D eigenvalue weighted by molar-refractivity contribution is 0.266. The topological polar surface area (TPSA) is 15.3 Å². The van der Waals surface area contributed by atoms with Crippen molar-refractivity contribution in [2.75, 3.05) is 13.1 Å². The van der Waals surface area contributed by atoms with E-state index in [4.69, 9.17) is 0 Å². The number of nitrogens with zero attached hydrogens (tertiary/aromatic N) is 1. The Morgan fingerprint density at radius 1 is 1.28 bits per heavy atom. The van der Waals surface area contributed by atoms with Crippen LogP contribution >= 0.6 is 0 Å². The largest absolute Gasteiger partial charge is 0.306 e. The number of hydrogen-bond donors (Lipinski definition) is 1. The van der Waals surface area contributed by atoms with Crippen LogP contribution in [0.2, 0.25) is 0 Å². The van der Waals surface area contributed by atoms with E-state index in [9.17, 15) is 0 Å². The van der Waals surface area contributed by atoms with Crippen LogP contribution in [0.4, 0.5) is 0 Å². The van der Waals surface area contributed by atoms with Gasteiger partial charge in [0, 0.05) is 24.7 Å². The second-order valence-electron chi connectivity index (χ2n) is 5.88. The molecule has 1 N–H and O–H groups in total. The summed E-state index contributed by atoms with van der Waals surface area (Å²) >= 11 is 0. The highest BCUT2D eigenvalue weighted by Crippen LogP contribution is 2.18. The third-order valence-electron chi connectivity index (χ3n) is 3.98. The fourth-order valence-electron chi connectivity index (χ4n) is 2.78. The van der Waals surface area contributed by atoms with Gasteiger partial charge in [-0.15, -0.1) is 0 Å². The summed E-state index contributed by atoms with van der Waals surface area (Å²) in [6.07, 6.45) is 1.27. The van der Waals surface area contributed by atoms with Gasteiger partial charge in [0.15, 0.2) is 0 Å². The van der Waals surface area contributed by atoms with E-state index >= 15 is 0 Å². The molecular formula is C16H26N2. The summed E-state index contributed by atoms with van der Waals surface area (Å²) in [5.74, 6) is 0. The minimum Gasteiger partial charge on any atom is -0.306 e. The first kappa shape index (κ1) is 13.6. The fraction of sp³-hybridized carbons (Fsp3) is 0.625. The second kappa shape index (κ2) is 5.85. The summed E-state index contributed by atoms with van der Waals surface area (Å²) in [6, 6.07) is 10.6. The van der Waals surface area contributed by atoms with E-state index in [1.54, 1.807) is 0 Å². The van der Waals surface area contributed by atoms with Crippen LogP contribution in [0.15, 0.2) is 24.3 Å². The van der Waals surface area contributed by atoms with E-state index < -0.39 is 0 Å². The number of aryl methyl sites for hydroxylation is 1. The molecule has 1 unspecified atom stereocenters. The molecular weight excluding hydrogens is 220 g/mol. The molecule has 18 heavy (non-hydrogen) atoms. The molecule has 0 aliphatic carbocycles. The normalized spacial score (nSPS) is 22.6. The van der Waals surface area contributed by atoms with Gasteiger partial charge < -0.3 is 5.32 Å². The maximum atomic E-state index is 3.77. The standard InChI is InChI=1S/C16H26N2/c1-12(2)18-9-8-16(11-18)17-14(4)15-7-5-6-13(3)10-15/h5-7,10,12,14,16-17H,8-9,11H2,1-4H3/t14-,16?/m0/s1. The minimum absolute atomic E-state index is 0.446. The van der Waals surface area contributed by atoms with Crippen LogP contribution in [-0.2, 0) is 0 Å². The minimum atomic E-state index is 0.446. The molecule has 1 aromatic rings. The quantitative estimate of drug-likeness (QED) is 0.878. The van der Waals surface area contributed by atoms with E-state index in [1.807, 2.05) is 0 Å². The molecule has 2 rings (SSSR count). The lowest BCUT2D eigenvalue weighted by Gasteiger charge is -2.23. The van der Waals surface area contributed by atoms with Gasteiger partial charge in [-0.25, -0.2) is 0 Å². The van der Waals surface area contributed by atoms with Crippen LogP contribution in [0.25, 0.3) is 0 Å². The van der Waals surface area contributed by atoms with Gasteiger partial charge in [0.25, 0.3) is 0 Å². The lowest BCUT2D eigenvalue weighted by Crippen LogP contribution is -2.36. The molecule has 1 heterocycles. The summed E-state index contributed by atoms with van der Waals surface area (Å²) in [7, 11) is 0. The van der Waals surface area contributed by atoms with Crippen molar-refractivity contribution >= 4 is 0 Å². The first-order valence-corrected chi connectivity index (χ1v) is 7.13. The molecule has 0 amide bonds. The Kier molecular flexibility index (Phi) is 4.41. The molecule has 0 bridgehead atoms. The van der Waals surface area contributed by atoms with E-state index in [0.29, 0.717) is 18.1 Å². The zero-order valence-corrected chi connectivity index (χ0v) is 12.1. The zero-order valence-electron chi connectivity index (χ0n) is 12.1. The molecule has 2 nitrogen and oxygen atoms in total. The monoisotopic (exact) mass is 246 g/mol. The lowest BCUT2D eigenvalue weighted by atomic mass is 10.0. The Morgan fingerprint density at radius 3 is 2.67 bits per heavy atom. The van der Waals surface area contributed by atoms with Crippen molar-refractivity contribution < 1.29 is 0 Å². The Balaban J connectivity index is 1.90. The van der Waals surface area contributed by atoms with E-state index in [-0.39, 0.29) is 0 Å². The Labute approximate surface area is 111 Å². The fourth-order valence-corrected chi connectivity index (χ4v) is 2.78. The number of benzene rings is 1. The number of likely N-dealkylation sites (tertiary alicyclic amines) is 1. The average molecular weight is 246 g/mol. The van der Waals surface area contributed by atoms with Crippen LogP contribution in [0.1, 0.15) is 44.4 Å². The van der Waals surface area contributed by atoms with E-state index in [2.05, 4.69) is 62.2 Å². The maximum absolute atomic E-state index is 3.77. The van der Waals surface area contributed by atoms with Crippen LogP contribution in [-0.4, -0.2) is 30.1 Å². The van der Waals surface area contributed by atoms with Crippen LogP contribution in [0.5, 0.6) is 0 Å². The molecule has 0 radical (unpaired) electrons. The van der Waals surface area contributed by atoms with Gasteiger partial charge >= 0.3 is 0 Å². The van der Waals surface area contributed by atoms with Gasteiger partial charge in [-0.1, -0.05) is 29.8 Å². The molecule has 1 fully saturated rings. The van der Waals surface area contributed by atoms with Gasteiger partial charge in [-0.3, -0.25) is 4.90 Å². The molecule has 0 spiro atoms. The number of nitrogens with one attached hydrogen (secondary N) is 1. The average Bonchev–Trinajstić information content (AvgIpc) is 2.77. The molecule has 0 aromatic heterocycles. The number of rotatable bonds is 4. The van der Waals surface area contributed by atoms with Crippen molar-refractivity contribution in [2.45, 2.75) is 52.2 Å². The summed E-state index contributed by atoms with van der Waals surface area (Å²) in [5, 5.41) is 3.77. The highest BCUT2D eigenvalue weighted by atomic mass is 15.2. The Hall–Kier alpha value is -0.860. The van der Waals surface area contributed by atoms with Crippen molar-refractivity contribution in [3.8, 4) is 0 Å². The van der Waals surface area contributed by atoms with Crippen molar-refractivity contribution in [1.29, 1.82) is 0 Å². The van der Waals surface area contributed by atoms with Gasteiger partial charge in [0.05, 0.1) is 0 Å². The van der Waals surface area contributed by atoms with Crippen molar-refractivity contribution in [3.63, 3.8) is 0 Å². The summed E-state index contributed by atoms with van der Waals surface area (Å²) in [4.78, 5) is 2.56. The molecule has 1 saturated heterocycles. The van der Waals surface area contributed by atoms with Crippen molar-refractivity contribution in [3.05, 3.63) is 35.4 Å². The smallest absolute Gasteiger partial charge is 0.0294 e. The zero-order chi connectivity index (χ0) is 13.1. The van der Waals surface area contributed by atoms with Gasteiger partial charge in [-0.2, -0.15) is 0 Å². The van der Waals surface area contributed by atoms with Crippen molar-refractivity contribution in [2.24, 2.45) is 0 Å². The van der Waals surface area contributed by atoms with Crippen LogP contribution in [0, 0.1) is 6.92 Å². The van der Waals surface area contributed by atoms with E-state index in [1.165, 1.54) is 30.6 Å². The molecule has 1 aliphatic heterocycles. The molecule has 2 atom stereocenters. The number of hydrogen-bond acceptors (Lipinski definition) is 2. The predicted octanol–water partition coefficient (Wildman–Crippen LogP) is 3.13. The molecule has 0 saturated carbocycles. The predicted molar refractivity (Wildman–Crippen MR) is 77.8 cm³/mol.